The van der Waals surface area contributed by atoms with Crippen LogP contribution in [-0.2, 0) is 16.1 Å². The number of hydrogen-bond donors (Lipinski definition) is 2. The molecule has 2 aromatic heterocycles. The van der Waals surface area contributed by atoms with Crippen molar-refractivity contribution in [3.63, 3.8) is 0 Å². The summed E-state index contributed by atoms with van der Waals surface area (Å²) in [5, 5.41) is 8.87. The Hall–Kier alpha value is -2.72. The zero-order chi connectivity index (χ0) is 23.6. The molecule has 3 aromatic rings. The smallest absolute Gasteiger partial charge is 0.273 e. The first-order chi connectivity index (χ1) is 16.0. The molecule has 0 atom stereocenters. The van der Waals surface area contributed by atoms with Gasteiger partial charge in [-0.05, 0) is 23.8 Å². The molecule has 33 heavy (non-hydrogen) atoms. The topological polar surface area (TPSA) is 96.5 Å². The summed E-state index contributed by atoms with van der Waals surface area (Å²) in [5.74, 6) is -0.445. The maximum Gasteiger partial charge on any atom is 0.273 e. The molecule has 0 saturated carbocycles. The summed E-state index contributed by atoms with van der Waals surface area (Å²) in [6, 6.07) is 8.91. The minimum atomic E-state index is -0.284. The molecule has 0 bridgehead atoms. The molecule has 0 radical (unpaired) electrons. The highest BCUT2D eigenvalue weighted by molar-refractivity contribution is 7.14. The highest BCUT2D eigenvalue weighted by Crippen LogP contribution is 2.32. The lowest BCUT2D eigenvalue weighted by atomic mass is 10.2. The number of anilines is 2. The molecule has 174 valence electrons. The van der Waals surface area contributed by atoms with E-state index in [4.69, 9.17) is 27.9 Å². The fraction of sp³-hybridized carbons (Fsp3) is 0.273. The first kappa shape index (κ1) is 24.9. The Morgan fingerprint density at radius 1 is 1.18 bits per heavy atom. The zero-order valence-electron chi connectivity index (χ0n) is 17.9. The second-order valence-electron chi connectivity index (χ2n) is 6.94. The number of hydrogen-bond acceptors (Lipinski definition) is 7. The quantitative estimate of drug-likeness (QED) is 0.399. The van der Waals surface area contributed by atoms with Gasteiger partial charge in [0.1, 0.15) is 5.69 Å². The molecule has 3 rings (SSSR count). The van der Waals surface area contributed by atoms with Gasteiger partial charge in [0.15, 0.2) is 5.13 Å². The number of halogens is 2. The van der Waals surface area contributed by atoms with E-state index >= 15 is 0 Å². The third kappa shape index (κ3) is 7.40. The number of ether oxygens (including phenoxy) is 1. The van der Waals surface area contributed by atoms with Crippen molar-refractivity contribution in [2.75, 3.05) is 32.1 Å². The van der Waals surface area contributed by atoms with E-state index in [-0.39, 0.29) is 30.5 Å². The number of methoxy groups -OCH3 is 1. The zero-order valence-corrected chi connectivity index (χ0v) is 20.2. The lowest BCUT2D eigenvalue weighted by Gasteiger charge is -2.21. The van der Waals surface area contributed by atoms with Crippen LogP contribution in [0.25, 0.3) is 0 Å². The van der Waals surface area contributed by atoms with Crippen molar-refractivity contribution in [1.82, 2.24) is 20.2 Å². The molecule has 2 amide bonds. The van der Waals surface area contributed by atoms with Crippen molar-refractivity contribution >= 4 is 57.2 Å². The number of thiazole rings is 1. The number of carbonyl (C=O) groups excluding carboxylic acids is 2. The van der Waals surface area contributed by atoms with Gasteiger partial charge in [-0.3, -0.25) is 14.6 Å². The molecule has 0 saturated heterocycles. The van der Waals surface area contributed by atoms with Gasteiger partial charge in [-0.2, -0.15) is 0 Å². The van der Waals surface area contributed by atoms with Crippen LogP contribution in [0.5, 0.6) is 0 Å². The summed E-state index contributed by atoms with van der Waals surface area (Å²) in [7, 11) is 1.56. The number of nitrogens with zero attached hydrogens (tertiary/aromatic N) is 3. The summed E-state index contributed by atoms with van der Waals surface area (Å²) in [6.45, 7) is 1.30. The van der Waals surface area contributed by atoms with Crippen LogP contribution in [0.1, 0.15) is 22.5 Å². The number of pyridine rings is 1. The molecule has 0 aliphatic heterocycles. The van der Waals surface area contributed by atoms with Crippen LogP contribution in [-0.4, -0.2) is 53.5 Å². The summed E-state index contributed by atoms with van der Waals surface area (Å²) >= 11 is 13.5. The summed E-state index contributed by atoms with van der Waals surface area (Å²) in [6.07, 6.45) is 3.52. The van der Waals surface area contributed by atoms with Crippen LogP contribution >= 0.6 is 34.5 Å². The minimum Gasteiger partial charge on any atom is -0.383 e. The van der Waals surface area contributed by atoms with Crippen molar-refractivity contribution in [3.8, 4) is 0 Å². The molecule has 11 heteroatoms. The first-order valence-corrected chi connectivity index (χ1v) is 11.7. The van der Waals surface area contributed by atoms with Crippen molar-refractivity contribution < 1.29 is 14.3 Å². The Balaban J connectivity index is 1.59. The Bertz CT molecular complexity index is 1080. The van der Waals surface area contributed by atoms with Gasteiger partial charge < -0.3 is 20.3 Å². The number of aromatic nitrogens is 2. The second-order valence-corrected chi connectivity index (χ2v) is 8.58. The van der Waals surface area contributed by atoms with Gasteiger partial charge in [0, 0.05) is 50.9 Å². The lowest BCUT2D eigenvalue weighted by Crippen LogP contribution is -2.37. The highest BCUT2D eigenvalue weighted by atomic mass is 35.5. The van der Waals surface area contributed by atoms with E-state index in [0.29, 0.717) is 40.6 Å². The Kier molecular flexibility index (Phi) is 9.44. The van der Waals surface area contributed by atoms with Crippen LogP contribution in [0.4, 0.5) is 10.8 Å². The Morgan fingerprint density at radius 2 is 2.03 bits per heavy atom. The first-order valence-electron chi connectivity index (χ1n) is 10.1. The predicted octanol–water partition coefficient (Wildman–Crippen LogP) is 4.38. The van der Waals surface area contributed by atoms with E-state index in [1.165, 1.54) is 11.3 Å². The van der Waals surface area contributed by atoms with E-state index in [1.807, 2.05) is 12.1 Å². The fourth-order valence-corrected chi connectivity index (χ4v) is 3.90. The number of rotatable bonds is 11. The molecule has 2 heterocycles. The molecular formula is C22H23Cl2N5O3S. The molecular weight excluding hydrogens is 485 g/mol. The van der Waals surface area contributed by atoms with E-state index in [1.54, 1.807) is 48.0 Å². The standard InChI is InChI=1S/C22H23Cl2N5O3S/c1-32-11-10-29(9-7-19(30)26-13-15-4-3-8-25-12-15)21(31)18-14-33-22(28-18)27-17-6-2-5-16(23)20(17)24/h2-6,8,12,14H,7,9-11,13H2,1H3,(H,26,30)(H,27,28). The number of nitrogens with one attached hydrogen (secondary N) is 2. The monoisotopic (exact) mass is 507 g/mol. The molecule has 0 unspecified atom stereocenters. The van der Waals surface area contributed by atoms with Gasteiger partial charge in [0.05, 0.1) is 22.3 Å². The van der Waals surface area contributed by atoms with Crippen LogP contribution in [0.3, 0.4) is 0 Å². The van der Waals surface area contributed by atoms with Gasteiger partial charge in [0.2, 0.25) is 5.91 Å². The summed E-state index contributed by atoms with van der Waals surface area (Å²) in [4.78, 5) is 35.3. The van der Waals surface area contributed by atoms with E-state index < -0.39 is 0 Å². The average Bonchev–Trinajstić information content (AvgIpc) is 3.29. The third-order valence-corrected chi connectivity index (χ3v) is 6.17. The van der Waals surface area contributed by atoms with E-state index in [0.717, 1.165) is 5.56 Å². The van der Waals surface area contributed by atoms with Crippen molar-refractivity contribution in [2.24, 2.45) is 0 Å². The molecule has 0 spiro atoms. The number of amides is 2. The summed E-state index contributed by atoms with van der Waals surface area (Å²) < 4.78 is 5.12. The molecule has 0 aliphatic carbocycles. The van der Waals surface area contributed by atoms with Gasteiger partial charge in [-0.1, -0.05) is 35.3 Å². The van der Waals surface area contributed by atoms with E-state index in [2.05, 4.69) is 20.6 Å². The number of carbonyl (C=O) groups is 2. The van der Waals surface area contributed by atoms with Crippen LogP contribution < -0.4 is 10.6 Å². The predicted molar refractivity (Wildman–Crippen MR) is 130 cm³/mol. The van der Waals surface area contributed by atoms with Gasteiger partial charge in [-0.25, -0.2) is 4.98 Å². The van der Waals surface area contributed by atoms with Gasteiger partial charge in [0.25, 0.3) is 5.91 Å². The molecule has 1 aromatic carbocycles. The maximum atomic E-state index is 13.0. The molecule has 8 nitrogen and oxygen atoms in total. The normalized spacial score (nSPS) is 10.6. The summed E-state index contributed by atoms with van der Waals surface area (Å²) in [5.41, 5.74) is 1.77. The fourth-order valence-electron chi connectivity index (χ4n) is 2.85. The third-order valence-electron chi connectivity index (χ3n) is 4.59. The van der Waals surface area contributed by atoms with Crippen LogP contribution in [0, 0.1) is 0 Å². The van der Waals surface area contributed by atoms with Crippen molar-refractivity contribution in [2.45, 2.75) is 13.0 Å². The SMILES string of the molecule is COCCN(CCC(=O)NCc1cccnc1)C(=O)c1csc(Nc2cccc(Cl)c2Cl)n1. The molecule has 0 fully saturated rings. The molecule has 0 aliphatic rings. The van der Waals surface area contributed by atoms with Crippen LogP contribution in [0.15, 0.2) is 48.1 Å². The highest BCUT2D eigenvalue weighted by Gasteiger charge is 2.20. The second kappa shape index (κ2) is 12.5. The molecule has 2 N–H and O–H groups in total. The Morgan fingerprint density at radius 3 is 2.79 bits per heavy atom. The average molecular weight is 508 g/mol. The maximum absolute atomic E-state index is 13.0. The minimum absolute atomic E-state index is 0.156. The number of benzene rings is 1. The van der Waals surface area contributed by atoms with Gasteiger partial charge >= 0.3 is 0 Å². The van der Waals surface area contributed by atoms with Gasteiger partial charge in [-0.15, -0.1) is 11.3 Å². The lowest BCUT2D eigenvalue weighted by molar-refractivity contribution is -0.121. The van der Waals surface area contributed by atoms with Crippen LogP contribution in [0.2, 0.25) is 10.0 Å². The van der Waals surface area contributed by atoms with E-state index in [9.17, 15) is 9.59 Å². The van der Waals surface area contributed by atoms with Crippen molar-refractivity contribution in [3.05, 3.63) is 69.4 Å². The largest absolute Gasteiger partial charge is 0.383 e. The Labute approximate surface area is 205 Å². The van der Waals surface area contributed by atoms with Crippen molar-refractivity contribution in [1.29, 1.82) is 0 Å².